The molecule has 1 aromatic carbocycles. The van der Waals surface area contributed by atoms with Crippen molar-refractivity contribution in [3.63, 3.8) is 0 Å². The van der Waals surface area contributed by atoms with Gasteiger partial charge in [-0.05, 0) is 24.1 Å². The number of aromatic nitrogens is 3. The van der Waals surface area contributed by atoms with Gasteiger partial charge in [0.2, 0.25) is 0 Å². The molecule has 0 radical (unpaired) electrons. The smallest absolute Gasteiger partial charge is 0.186 e. The molecular formula is C14H20N4OS. The number of methoxy groups -OCH3 is 1. The van der Waals surface area contributed by atoms with Gasteiger partial charge in [0.05, 0.1) is 12.4 Å². The normalized spacial score (nSPS) is 14.0. The summed E-state index contributed by atoms with van der Waals surface area (Å²) in [6, 6.07) is 8.07. The molecule has 0 bridgehead atoms. The molecule has 2 unspecified atom stereocenters. The summed E-state index contributed by atoms with van der Waals surface area (Å²) in [6.07, 6.45) is 2.45. The van der Waals surface area contributed by atoms with Crippen LogP contribution in [0.15, 0.2) is 35.7 Å². The fraction of sp³-hybridized carbons (Fsp3) is 0.429. The van der Waals surface area contributed by atoms with Crippen molar-refractivity contribution in [2.45, 2.75) is 29.8 Å². The van der Waals surface area contributed by atoms with E-state index in [0.29, 0.717) is 0 Å². The molecule has 0 saturated heterocycles. The highest BCUT2D eigenvalue weighted by molar-refractivity contribution is 7.99. The predicted molar refractivity (Wildman–Crippen MR) is 80.9 cm³/mol. The maximum Gasteiger partial charge on any atom is 0.186 e. The lowest BCUT2D eigenvalue weighted by atomic mass is 10.0. The predicted octanol–water partition coefficient (Wildman–Crippen LogP) is 2.39. The molecule has 6 heteroatoms. The summed E-state index contributed by atoms with van der Waals surface area (Å²) in [5.41, 5.74) is 7.43. The first-order chi connectivity index (χ1) is 9.65. The largest absolute Gasteiger partial charge is 0.497 e. The average molecular weight is 292 g/mol. The van der Waals surface area contributed by atoms with Crippen molar-refractivity contribution in [3.8, 4) is 5.75 Å². The second-order valence-electron chi connectivity index (χ2n) is 4.55. The zero-order valence-electron chi connectivity index (χ0n) is 12.0. The van der Waals surface area contributed by atoms with E-state index >= 15 is 0 Å². The molecule has 1 heterocycles. The van der Waals surface area contributed by atoms with Gasteiger partial charge in [0, 0.05) is 13.1 Å². The molecule has 0 saturated carbocycles. The Morgan fingerprint density at radius 3 is 2.85 bits per heavy atom. The van der Waals surface area contributed by atoms with Gasteiger partial charge in [0.15, 0.2) is 5.16 Å². The van der Waals surface area contributed by atoms with Crippen LogP contribution in [0.2, 0.25) is 0 Å². The summed E-state index contributed by atoms with van der Waals surface area (Å²) in [7, 11) is 3.55. The second kappa shape index (κ2) is 6.76. The summed E-state index contributed by atoms with van der Waals surface area (Å²) in [6.45, 7) is 2.09. The van der Waals surface area contributed by atoms with E-state index < -0.39 is 0 Å². The Morgan fingerprint density at radius 2 is 2.25 bits per heavy atom. The highest BCUT2D eigenvalue weighted by Crippen LogP contribution is 2.37. The van der Waals surface area contributed by atoms with E-state index in [1.165, 1.54) is 0 Å². The Kier molecular flexibility index (Phi) is 5.03. The minimum atomic E-state index is 0.0452. The van der Waals surface area contributed by atoms with Crippen LogP contribution in [0.3, 0.4) is 0 Å². The molecule has 0 aliphatic carbocycles. The zero-order chi connectivity index (χ0) is 14.5. The molecule has 2 rings (SSSR count). The summed E-state index contributed by atoms with van der Waals surface area (Å²) >= 11 is 1.64. The molecule has 0 fully saturated rings. The number of aryl methyl sites for hydroxylation is 1. The third-order valence-electron chi connectivity index (χ3n) is 3.18. The third-order valence-corrected chi connectivity index (χ3v) is 4.64. The Labute approximate surface area is 123 Å². The van der Waals surface area contributed by atoms with E-state index in [0.717, 1.165) is 22.9 Å². The van der Waals surface area contributed by atoms with Gasteiger partial charge in [0.25, 0.3) is 0 Å². The van der Waals surface area contributed by atoms with Crippen LogP contribution in [0, 0.1) is 0 Å². The molecule has 2 atom stereocenters. The fourth-order valence-corrected chi connectivity index (χ4v) is 3.13. The monoisotopic (exact) mass is 292 g/mol. The number of benzene rings is 1. The first-order valence-electron chi connectivity index (χ1n) is 6.56. The van der Waals surface area contributed by atoms with Crippen molar-refractivity contribution < 1.29 is 4.74 Å². The lowest BCUT2D eigenvalue weighted by Gasteiger charge is -2.22. The molecule has 108 valence electrons. The van der Waals surface area contributed by atoms with Crippen molar-refractivity contribution in [1.29, 1.82) is 0 Å². The highest BCUT2D eigenvalue weighted by Gasteiger charge is 2.22. The summed E-state index contributed by atoms with van der Waals surface area (Å²) in [5, 5.41) is 5.09. The molecule has 0 spiro atoms. The molecule has 0 amide bonds. The van der Waals surface area contributed by atoms with E-state index in [2.05, 4.69) is 23.1 Å². The molecule has 1 aromatic heterocycles. The summed E-state index contributed by atoms with van der Waals surface area (Å²) in [4.78, 5) is 4.27. The second-order valence-corrected chi connectivity index (χ2v) is 5.66. The Morgan fingerprint density at radius 1 is 1.45 bits per heavy atom. The molecule has 20 heavy (non-hydrogen) atoms. The van der Waals surface area contributed by atoms with Crippen molar-refractivity contribution in [1.82, 2.24) is 14.8 Å². The van der Waals surface area contributed by atoms with Crippen molar-refractivity contribution in [2.75, 3.05) is 7.11 Å². The first-order valence-corrected chi connectivity index (χ1v) is 7.43. The maximum atomic E-state index is 6.29. The van der Waals surface area contributed by atoms with Crippen LogP contribution < -0.4 is 10.5 Å². The number of hydrogen-bond acceptors (Lipinski definition) is 5. The Balaban J connectivity index is 2.29. The topological polar surface area (TPSA) is 66.0 Å². The first kappa shape index (κ1) is 14.9. The van der Waals surface area contributed by atoms with E-state index in [1.807, 2.05) is 25.2 Å². The standard InChI is InChI=1S/C14H20N4OS/c1-4-12(15)13(20-14-16-9-17-18(14)2)10-6-5-7-11(8-10)19-3/h5-9,12-13H,4,15H2,1-3H3. The van der Waals surface area contributed by atoms with Crippen LogP contribution >= 0.6 is 11.8 Å². The van der Waals surface area contributed by atoms with E-state index in [1.54, 1.807) is 29.9 Å². The van der Waals surface area contributed by atoms with E-state index in [9.17, 15) is 0 Å². The lowest BCUT2D eigenvalue weighted by Crippen LogP contribution is -2.26. The Bertz CT molecular complexity index is 558. The van der Waals surface area contributed by atoms with Gasteiger partial charge < -0.3 is 10.5 Å². The van der Waals surface area contributed by atoms with Crippen molar-refractivity contribution >= 4 is 11.8 Å². The Hall–Kier alpha value is -1.53. The van der Waals surface area contributed by atoms with E-state index in [4.69, 9.17) is 10.5 Å². The van der Waals surface area contributed by atoms with Gasteiger partial charge in [0.1, 0.15) is 12.1 Å². The van der Waals surface area contributed by atoms with Gasteiger partial charge in [-0.3, -0.25) is 0 Å². The third kappa shape index (κ3) is 3.32. The summed E-state index contributed by atoms with van der Waals surface area (Å²) < 4.78 is 7.06. The van der Waals surface area contributed by atoms with Gasteiger partial charge in [-0.2, -0.15) is 5.10 Å². The average Bonchev–Trinajstić information content (AvgIpc) is 2.89. The highest BCUT2D eigenvalue weighted by atomic mass is 32.2. The van der Waals surface area contributed by atoms with E-state index in [-0.39, 0.29) is 11.3 Å². The maximum absolute atomic E-state index is 6.29. The van der Waals surface area contributed by atoms with Gasteiger partial charge >= 0.3 is 0 Å². The van der Waals surface area contributed by atoms with Crippen LogP contribution in [0.25, 0.3) is 0 Å². The number of thioether (sulfide) groups is 1. The van der Waals surface area contributed by atoms with Crippen LogP contribution in [-0.2, 0) is 7.05 Å². The fourth-order valence-electron chi connectivity index (χ4n) is 1.94. The number of rotatable bonds is 6. The van der Waals surface area contributed by atoms with Crippen LogP contribution in [0.1, 0.15) is 24.2 Å². The lowest BCUT2D eigenvalue weighted by molar-refractivity contribution is 0.414. The number of nitrogens with two attached hydrogens (primary N) is 1. The quantitative estimate of drug-likeness (QED) is 0.828. The van der Waals surface area contributed by atoms with Crippen LogP contribution in [-0.4, -0.2) is 27.9 Å². The van der Waals surface area contributed by atoms with Gasteiger partial charge in [-0.25, -0.2) is 9.67 Å². The molecule has 0 aliphatic rings. The molecule has 5 nitrogen and oxygen atoms in total. The summed E-state index contributed by atoms with van der Waals surface area (Å²) in [5.74, 6) is 0.842. The van der Waals surface area contributed by atoms with Crippen LogP contribution in [0.4, 0.5) is 0 Å². The molecule has 0 aliphatic heterocycles. The minimum absolute atomic E-state index is 0.0452. The van der Waals surface area contributed by atoms with Crippen LogP contribution in [0.5, 0.6) is 5.75 Å². The van der Waals surface area contributed by atoms with Crippen molar-refractivity contribution in [3.05, 3.63) is 36.2 Å². The molecule has 2 N–H and O–H groups in total. The number of ether oxygens (including phenoxy) is 1. The minimum Gasteiger partial charge on any atom is -0.497 e. The van der Waals surface area contributed by atoms with Gasteiger partial charge in [-0.1, -0.05) is 30.8 Å². The van der Waals surface area contributed by atoms with Crippen molar-refractivity contribution in [2.24, 2.45) is 12.8 Å². The molecule has 2 aromatic rings. The van der Waals surface area contributed by atoms with Gasteiger partial charge in [-0.15, -0.1) is 0 Å². The SMILES string of the molecule is CCC(N)C(Sc1ncnn1C)c1cccc(OC)c1. The number of hydrogen-bond donors (Lipinski definition) is 1. The molecular weight excluding hydrogens is 272 g/mol. The number of nitrogens with zero attached hydrogens (tertiary/aromatic N) is 3. The zero-order valence-corrected chi connectivity index (χ0v) is 12.8.